The number of hydrogen-bond donors (Lipinski definition) is 0. The van der Waals surface area contributed by atoms with Crippen LogP contribution >= 0.6 is 11.3 Å². The maximum absolute atomic E-state index is 2.44. The number of nitrogens with zero attached hydrogens (tertiary/aromatic N) is 2. The summed E-state index contributed by atoms with van der Waals surface area (Å²) in [5, 5.41) is 2.63. The molecule has 2 heterocycles. The SMILES string of the molecule is c1ccc(-c2ccc(N(c3ccc(-c4ccc5sc6ccccc6c5c4)cc3)c3ccc4c(c3)-c3ccccc3C43c4ccccc4N(c4ccccc4)c4ccccc43)cc2)cc1. The molecule has 0 unspecified atom stereocenters. The minimum absolute atomic E-state index is 0.512. The van der Waals surface area contributed by atoms with Crippen molar-refractivity contribution >= 4 is 65.6 Å². The third-order valence-electron chi connectivity index (χ3n) is 13.5. The van der Waals surface area contributed by atoms with Crippen molar-refractivity contribution in [3.8, 4) is 33.4 Å². The Morgan fingerprint density at radius 2 is 0.828 bits per heavy atom. The highest BCUT2D eigenvalue weighted by Crippen LogP contribution is 2.63. The smallest absolute Gasteiger partial charge is 0.0754 e. The molecule has 0 fully saturated rings. The van der Waals surface area contributed by atoms with Gasteiger partial charge >= 0.3 is 0 Å². The van der Waals surface area contributed by atoms with Crippen molar-refractivity contribution in [3.05, 3.63) is 265 Å². The predicted octanol–water partition coefficient (Wildman–Crippen LogP) is 17.0. The van der Waals surface area contributed by atoms with Crippen molar-refractivity contribution in [2.24, 2.45) is 0 Å². The molecule has 0 saturated carbocycles. The number of rotatable bonds is 6. The molecule has 1 aromatic heterocycles. The highest BCUT2D eigenvalue weighted by Gasteiger charge is 2.51. The zero-order chi connectivity index (χ0) is 42.2. The number of fused-ring (bicyclic) bond motifs is 12. The second-order valence-electron chi connectivity index (χ2n) is 16.8. The predicted molar refractivity (Wildman–Crippen MR) is 270 cm³/mol. The summed E-state index contributed by atoms with van der Waals surface area (Å²) in [6.45, 7) is 0. The lowest BCUT2D eigenvalue weighted by atomic mass is 9.64. The molecule has 1 aliphatic carbocycles. The molecule has 0 atom stereocenters. The van der Waals surface area contributed by atoms with Crippen LogP contribution in [-0.4, -0.2) is 0 Å². The Labute approximate surface area is 377 Å². The van der Waals surface area contributed by atoms with E-state index in [2.05, 4.69) is 252 Å². The summed E-state index contributed by atoms with van der Waals surface area (Å²) in [5.41, 5.74) is 18.9. The van der Waals surface area contributed by atoms with E-state index in [1.54, 1.807) is 0 Å². The Morgan fingerprint density at radius 1 is 0.328 bits per heavy atom. The van der Waals surface area contributed by atoms with Gasteiger partial charge in [0.1, 0.15) is 0 Å². The summed E-state index contributed by atoms with van der Waals surface area (Å²) in [7, 11) is 0. The van der Waals surface area contributed by atoms with E-state index < -0.39 is 5.41 Å². The normalized spacial score (nSPS) is 13.1. The summed E-state index contributed by atoms with van der Waals surface area (Å²) in [6, 6.07) is 89.5. The van der Waals surface area contributed by atoms with Crippen LogP contribution in [0.15, 0.2) is 243 Å². The van der Waals surface area contributed by atoms with Gasteiger partial charge < -0.3 is 9.80 Å². The van der Waals surface area contributed by atoms with Crippen molar-refractivity contribution in [1.82, 2.24) is 0 Å². The molecule has 2 aliphatic rings. The highest BCUT2D eigenvalue weighted by atomic mass is 32.1. The van der Waals surface area contributed by atoms with E-state index in [1.165, 1.54) is 87.2 Å². The molecule has 0 bridgehead atoms. The van der Waals surface area contributed by atoms with Crippen LogP contribution in [-0.2, 0) is 5.41 Å². The molecule has 0 saturated heterocycles. The molecule has 11 aromatic rings. The van der Waals surface area contributed by atoms with Crippen LogP contribution in [0.4, 0.5) is 34.1 Å². The third-order valence-corrected chi connectivity index (χ3v) is 14.6. The zero-order valence-electron chi connectivity index (χ0n) is 34.9. The monoisotopic (exact) mass is 832 g/mol. The first-order chi connectivity index (χ1) is 31.7. The molecule has 300 valence electrons. The van der Waals surface area contributed by atoms with E-state index >= 15 is 0 Å². The molecule has 0 amide bonds. The van der Waals surface area contributed by atoms with Crippen molar-refractivity contribution < 1.29 is 0 Å². The lowest BCUT2D eigenvalue weighted by molar-refractivity contribution is 0.752. The Balaban J connectivity index is 0.980. The Hall–Kier alpha value is -7.98. The molecule has 0 radical (unpaired) electrons. The van der Waals surface area contributed by atoms with E-state index in [4.69, 9.17) is 0 Å². The number of benzene rings is 10. The van der Waals surface area contributed by atoms with Crippen LogP contribution in [0.2, 0.25) is 0 Å². The van der Waals surface area contributed by atoms with Gasteiger partial charge in [0.2, 0.25) is 0 Å². The Bertz CT molecular complexity index is 3510. The third kappa shape index (κ3) is 5.51. The van der Waals surface area contributed by atoms with Gasteiger partial charge in [-0.25, -0.2) is 0 Å². The zero-order valence-corrected chi connectivity index (χ0v) is 35.7. The summed E-state index contributed by atoms with van der Waals surface area (Å²) < 4.78 is 2.65. The quantitative estimate of drug-likeness (QED) is 0.165. The fourth-order valence-corrected chi connectivity index (χ4v) is 11.8. The van der Waals surface area contributed by atoms with E-state index in [0.717, 1.165) is 22.7 Å². The summed E-state index contributed by atoms with van der Waals surface area (Å²) >= 11 is 1.86. The van der Waals surface area contributed by atoms with Crippen molar-refractivity contribution in [2.45, 2.75) is 5.41 Å². The van der Waals surface area contributed by atoms with Gasteiger partial charge in [-0.05, 0) is 134 Å². The molecular weight excluding hydrogens is 793 g/mol. The molecule has 1 aliphatic heterocycles. The second kappa shape index (κ2) is 14.6. The van der Waals surface area contributed by atoms with Gasteiger partial charge in [-0.15, -0.1) is 11.3 Å². The van der Waals surface area contributed by atoms with Crippen LogP contribution in [0.25, 0.3) is 53.6 Å². The van der Waals surface area contributed by atoms with Crippen molar-refractivity contribution in [3.63, 3.8) is 0 Å². The van der Waals surface area contributed by atoms with E-state index in [0.29, 0.717) is 0 Å². The van der Waals surface area contributed by atoms with Crippen LogP contribution in [0.3, 0.4) is 0 Å². The lowest BCUT2D eigenvalue weighted by Gasteiger charge is -2.45. The number of anilines is 6. The molecule has 3 heteroatoms. The van der Waals surface area contributed by atoms with E-state index in [-0.39, 0.29) is 0 Å². The molecule has 0 N–H and O–H groups in total. The first kappa shape index (κ1) is 36.7. The van der Waals surface area contributed by atoms with Crippen molar-refractivity contribution in [1.29, 1.82) is 0 Å². The van der Waals surface area contributed by atoms with Gasteiger partial charge in [-0.2, -0.15) is 0 Å². The lowest BCUT2D eigenvalue weighted by Crippen LogP contribution is -2.36. The minimum Gasteiger partial charge on any atom is -0.310 e. The molecular formula is C61H40N2S. The van der Waals surface area contributed by atoms with Crippen LogP contribution in [0, 0.1) is 0 Å². The van der Waals surface area contributed by atoms with Gasteiger partial charge in [-0.3, -0.25) is 0 Å². The van der Waals surface area contributed by atoms with Crippen molar-refractivity contribution in [2.75, 3.05) is 9.80 Å². The highest BCUT2D eigenvalue weighted by molar-refractivity contribution is 7.25. The summed E-state index contributed by atoms with van der Waals surface area (Å²) in [6.07, 6.45) is 0. The molecule has 64 heavy (non-hydrogen) atoms. The van der Waals surface area contributed by atoms with Gasteiger partial charge in [0, 0.05) is 42.9 Å². The standard InChI is InChI=1S/C61H40N2S/c1-3-15-41(16-4-1)42-27-32-46(33-28-42)62(47-34-29-43(30-35-47)44-31-38-60-52(39-44)50-20-8-14-26-59(50)64-60)48-36-37-54-51(40-48)49-19-7-9-21-53(49)61(54)55-22-10-12-24-57(55)63(45-17-5-2-6-18-45)58-25-13-11-23-56(58)61/h1-40H. The Morgan fingerprint density at radius 3 is 1.53 bits per heavy atom. The fraction of sp³-hybridized carbons (Fsp3) is 0.0164. The van der Waals surface area contributed by atoms with Crippen LogP contribution in [0.1, 0.15) is 22.3 Å². The maximum atomic E-state index is 2.44. The topological polar surface area (TPSA) is 6.48 Å². The number of hydrogen-bond acceptors (Lipinski definition) is 3. The van der Waals surface area contributed by atoms with E-state index in [9.17, 15) is 0 Å². The average Bonchev–Trinajstić information content (AvgIpc) is 3.88. The average molecular weight is 833 g/mol. The van der Waals surface area contributed by atoms with Crippen LogP contribution < -0.4 is 9.80 Å². The Kier molecular flexibility index (Phi) is 8.34. The maximum Gasteiger partial charge on any atom is 0.0754 e. The summed E-state index contributed by atoms with van der Waals surface area (Å²) in [4.78, 5) is 4.86. The molecule has 2 nitrogen and oxygen atoms in total. The molecule has 10 aromatic carbocycles. The first-order valence-electron chi connectivity index (χ1n) is 22.0. The van der Waals surface area contributed by atoms with Gasteiger partial charge in [0.15, 0.2) is 0 Å². The summed E-state index contributed by atoms with van der Waals surface area (Å²) in [5.74, 6) is 0. The van der Waals surface area contributed by atoms with Gasteiger partial charge in [0.05, 0.1) is 16.8 Å². The van der Waals surface area contributed by atoms with Crippen LogP contribution in [0.5, 0.6) is 0 Å². The van der Waals surface area contributed by atoms with E-state index in [1.807, 2.05) is 11.3 Å². The first-order valence-corrected chi connectivity index (χ1v) is 22.8. The molecule has 1 spiro atoms. The number of para-hydroxylation sites is 3. The fourth-order valence-electron chi connectivity index (χ4n) is 10.7. The second-order valence-corrected chi connectivity index (χ2v) is 17.9. The van der Waals surface area contributed by atoms with Gasteiger partial charge in [0.25, 0.3) is 0 Å². The minimum atomic E-state index is -0.512. The van der Waals surface area contributed by atoms with Gasteiger partial charge in [-0.1, -0.05) is 164 Å². The molecule has 13 rings (SSSR count). The number of thiophene rings is 1. The largest absolute Gasteiger partial charge is 0.310 e.